The van der Waals surface area contributed by atoms with Gasteiger partial charge in [-0.25, -0.2) is 0 Å². The normalized spacial score (nSPS) is 11.8. The number of aliphatic hydroxyl groups is 1. The van der Waals surface area contributed by atoms with Crippen molar-refractivity contribution in [1.29, 1.82) is 0 Å². The third-order valence-corrected chi connectivity index (χ3v) is 4.35. The van der Waals surface area contributed by atoms with Gasteiger partial charge in [0.05, 0.1) is 13.2 Å². The number of benzene rings is 3. The molecule has 0 heterocycles. The Kier molecular flexibility index (Phi) is 6.28. The molecular weight excluding hydrogens is 342 g/mol. The van der Waals surface area contributed by atoms with E-state index in [4.69, 9.17) is 9.47 Å². The summed E-state index contributed by atoms with van der Waals surface area (Å²) in [6.45, 7) is 0.253. The van der Waals surface area contributed by atoms with E-state index in [-0.39, 0.29) is 12.5 Å². The molecule has 27 heavy (non-hydrogen) atoms. The third kappa shape index (κ3) is 4.77. The maximum Gasteiger partial charge on any atom is 0.257 e. The fraction of sp³-hybridized carbons (Fsp3) is 0.227. The summed E-state index contributed by atoms with van der Waals surface area (Å²) in [6, 6.07) is 21.0. The molecule has 0 spiro atoms. The van der Waals surface area contributed by atoms with Crippen molar-refractivity contribution in [3.63, 3.8) is 0 Å². The lowest BCUT2D eigenvalue weighted by Crippen LogP contribution is -2.30. The van der Waals surface area contributed by atoms with E-state index < -0.39 is 6.10 Å². The number of rotatable bonds is 8. The number of hydrogen-bond acceptors (Lipinski definition) is 4. The lowest BCUT2D eigenvalue weighted by molar-refractivity contribution is -0.123. The van der Waals surface area contributed by atoms with Crippen LogP contribution < -0.4 is 14.8 Å². The molecule has 1 amide bonds. The van der Waals surface area contributed by atoms with Crippen LogP contribution in [0.1, 0.15) is 18.1 Å². The molecule has 5 heteroatoms. The number of ether oxygens (including phenoxy) is 2. The van der Waals surface area contributed by atoms with E-state index in [0.29, 0.717) is 24.5 Å². The summed E-state index contributed by atoms with van der Waals surface area (Å²) >= 11 is 0. The fourth-order valence-corrected chi connectivity index (χ4v) is 2.98. The van der Waals surface area contributed by atoms with Crippen LogP contribution in [-0.4, -0.2) is 31.3 Å². The molecule has 0 fully saturated rings. The minimum absolute atomic E-state index is 0.106. The van der Waals surface area contributed by atoms with Gasteiger partial charge in [-0.15, -0.1) is 0 Å². The number of hydrogen-bond donors (Lipinski definition) is 2. The zero-order valence-electron chi connectivity index (χ0n) is 15.2. The van der Waals surface area contributed by atoms with Gasteiger partial charge in [-0.05, 0) is 34.9 Å². The van der Waals surface area contributed by atoms with E-state index in [2.05, 4.69) is 5.32 Å². The van der Waals surface area contributed by atoms with Gasteiger partial charge in [0.25, 0.3) is 5.91 Å². The molecule has 0 unspecified atom stereocenters. The van der Waals surface area contributed by atoms with E-state index >= 15 is 0 Å². The SMILES string of the molecule is COc1ccccc1OCC(=O)NCC[C@@H](O)c1cccc2ccccc12. The second kappa shape index (κ2) is 9.05. The molecular formula is C22H23NO4. The third-order valence-electron chi connectivity index (χ3n) is 4.35. The Bertz CT molecular complexity index is 904. The molecule has 3 rings (SSSR count). The lowest BCUT2D eigenvalue weighted by atomic mass is 9.99. The molecule has 0 aliphatic rings. The molecule has 0 aromatic heterocycles. The molecule has 1 atom stereocenters. The van der Waals surface area contributed by atoms with Crippen molar-refractivity contribution in [2.24, 2.45) is 0 Å². The second-order valence-electron chi connectivity index (χ2n) is 6.16. The van der Waals surface area contributed by atoms with Crippen molar-refractivity contribution in [3.05, 3.63) is 72.3 Å². The van der Waals surface area contributed by atoms with Gasteiger partial charge >= 0.3 is 0 Å². The number of methoxy groups -OCH3 is 1. The highest BCUT2D eigenvalue weighted by Gasteiger charge is 2.12. The van der Waals surface area contributed by atoms with Crippen LogP contribution in [0, 0.1) is 0 Å². The standard InChI is InChI=1S/C22H23NO4/c1-26-20-11-4-5-12-21(20)27-15-22(25)23-14-13-19(24)18-10-6-8-16-7-2-3-9-17(16)18/h2-12,19,24H,13-15H2,1H3,(H,23,25)/t19-/m1/s1. The van der Waals surface area contributed by atoms with Gasteiger partial charge in [-0.2, -0.15) is 0 Å². The first-order valence-electron chi connectivity index (χ1n) is 8.87. The Hall–Kier alpha value is -3.05. The number of aliphatic hydroxyl groups excluding tert-OH is 1. The lowest BCUT2D eigenvalue weighted by Gasteiger charge is -2.15. The summed E-state index contributed by atoms with van der Waals surface area (Å²) in [5.41, 5.74) is 0.868. The average Bonchev–Trinajstić information content (AvgIpc) is 2.72. The Morgan fingerprint density at radius 2 is 1.70 bits per heavy atom. The molecule has 2 N–H and O–H groups in total. The minimum atomic E-state index is -0.647. The van der Waals surface area contributed by atoms with Gasteiger partial charge in [0, 0.05) is 6.54 Å². The van der Waals surface area contributed by atoms with Gasteiger partial charge in [0.2, 0.25) is 0 Å². The first-order valence-corrected chi connectivity index (χ1v) is 8.87. The smallest absolute Gasteiger partial charge is 0.257 e. The highest BCUT2D eigenvalue weighted by Crippen LogP contribution is 2.26. The van der Waals surface area contributed by atoms with Crippen molar-refractivity contribution in [1.82, 2.24) is 5.32 Å². The van der Waals surface area contributed by atoms with Crippen molar-refractivity contribution in [2.45, 2.75) is 12.5 Å². The van der Waals surface area contributed by atoms with E-state index in [1.807, 2.05) is 54.6 Å². The van der Waals surface area contributed by atoms with Gasteiger partial charge in [-0.3, -0.25) is 4.79 Å². The van der Waals surface area contributed by atoms with Crippen molar-refractivity contribution in [2.75, 3.05) is 20.3 Å². The Balaban J connectivity index is 1.49. The van der Waals surface area contributed by atoms with Crippen LogP contribution in [0.4, 0.5) is 0 Å². The van der Waals surface area contributed by atoms with Crippen molar-refractivity contribution < 1.29 is 19.4 Å². The highest BCUT2D eigenvalue weighted by molar-refractivity contribution is 5.86. The average molecular weight is 365 g/mol. The molecule has 0 saturated heterocycles. The number of para-hydroxylation sites is 2. The maximum atomic E-state index is 12.0. The molecule has 140 valence electrons. The molecule has 0 aliphatic carbocycles. The largest absolute Gasteiger partial charge is 0.493 e. The van der Waals surface area contributed by atoms with Crippen LogP contribution >= 0.6 is 0 Å². The van der Waals surface area contributed by atoms with Crippen LogP contribution in [0.3, 0.4) is 0 Å². The van der Waals surface area contributed by atoms with Crippen LogP contribution in [0.5, 0.6) is 11.5 Å². The predicted octanol–water partition coefficient (Wildman–Crippen LogP) is 3.47. The van der Waals surface area contributed by atoms with E-state index in [0.717, 1.165) is 16.3 Å². The number of nitrogens with one attached hydrogen (secondary N) is 1. The maximum absolute atomic E-state index is 12.0. The molecule has 3 aromatic rings. The molecule has 0 saturated carbocycles. The van der Waals surface area contributed by atoms with Crippen molar-refractivity contribution in [3.8, 4) is 11.5 Å². The minimum Gasteiger partial charge on any atom is -0.493 e. The molecule has 0 aliphatic heterocycles. The van der Waals surface area contributed by atoms with Crippen LogP contribution in [0.25, 0.3) is 10.8 Å². The number of carbonyl (C=O) groups excluding carboxylic acids is 1. The van der Waals surface area contributed by atoms with Crippen molar-refractivity contribution >= 4 is 16.7 Å². The summed E-state index contributed by atoms with van der Waals surface area (Å²) in [6.07, 6.45) is -0.222. The molecule has 0 bridgehead atoms. The number of fused-ring (bicyclic) bond motifs is 1. The van der Waals surface area contributed by atoms with Gasteiger partial charge < -0.3 is 19.9 Å². The van der Waals surface area contributed by atoms with Gasteiger partial charge in [0.1, 0.15) is 0 Å². The molecule has 0 radical (unpaired) electrons. The van der Waals surface area contributed by atoms with Crippen LogP contribution in [0.15, 0.2) is 66.7 Å². The topological polar surface area (TPSA) is 67.8 Å². The molecule has 3 aromatic carbocycles. The number of amides is 1. The van der Waals surface area contributed by atoms with E-state index in [1.165, 1.54) is 0 Å². The second-order valence-corrected chi connectivity index (χ2v) is 6.16. The Labute approximate surface area is 158 Å². The van der Waals surface area contributed by atoms with E-state index in [9.17, 15) is 9.90 Å². The van der Waals surface area contributed by atoms with Gasteiger partial charge in [0.15, 0.2) is 18.1 Å². The highest BCUT2D eigenvalue weighted by atomic mass is 16.5. The van der Waals surface area contributed by atoms with E-state index in [1.54, 1.807) is 19.2 Å². The first-order chi connectivity index (χ1) is 13.2. The van der Waals surface area contributed by atoms with Gasteiger partial charge in [-0.1, -0.05) is 54.6 Å². The zero-order valence-corrected chi connectivity index (χ0v) is 15.2. The predicted molar refractivity (Wildman–Crippen MR) is 105 cm³/mol. The summed E-state index contributed by atoms with van der Waals surface area (Å²) in [7, 11) is 1.55. The summed E-state index contributed by atoms with van der Waals surface area (Å²) in [4.78, 5) is 12.0. The first kappa shape index (κ1) is 18.7. The van der Waals surface area contributed by atoms with Crippen LogP contribution in [-0.2, 0) is 4.79 Å². The fourth-order valence-electron chi connectivity index (χ4n) is 2.98. The quantitative estimate of drug-likeness (QED) is 0.641. The summed E-state index contributed by atoms with van der Waals surface area (Å²) < 4.78 is 10.7. The van der Waals surface area contributed by atoms with Crippen LogP contribution in [0.2, 0.25) is 0 Å². The summed E-state index contributed by atoms with van der Waals surface area (Å²) in [5, 5.41) is 15.4. The summed E-state index contributed by atoms with van der Waals surface area (Å²) in [5.74, 6) is 0.855. The Morgan fingerprint density at radius 3 is 2.52 bits per heavy atom. The molecule has 5 nitrogen and oxygen atoms in total. The zero-order chi connectivity index (χ0) is 19.1. The number of carbonyl (C=O) groups is 1. The monoisotopic (exact) mass is 365 g/mol. The Morgan fingerprint density at radius 1 is 1.00 bits per heavy atom.